The average Bonchev–Trinajstić information content (AvgIpc) is 2.71. The predicted molar refractivity (Wildman–Crippen MR) is 67.6 cm³/mol. The van der Waals surface area contributed by atoms with Crippen molar-refractivity contribution in [1.29, 1.82) is 0 Å². The minimum absolute atomic E-state index is 0.00591. The van der Waals surface area contributed by atoms with Crippen LogP contribution in [0.3, 0.4) is 0 Å². The molecule has 1 aliphatic rings. The van der Waals surface area contributed by atoms with Gasteiger partial charge in [-0.1, -0.05) is 13.3 Å². The number of urea groups is 1. The van der Waals surface area contributed by atoms with Gasteiger partial charge in [-0.3, -0.25) is 4.90 Å². The van der Waals surface area contributed by atoms with E-state index in [1.54, 1.807) is 12.0 Å². The van der Waals surface area contributed by atoms with Crippen molar-refractivity contribution < 1.29 is 9.53 Å². The highest BCUT2D eigenvalue weighted by Crippen LogP contribution is 2.22. The topological polar surface area (TPSA) is 41.6 Å². The molecule has 0 aromatic heterocycles. The highest BCUT2D eigenvalue weighted by atomic mass is 16.5. The highest BCUT2D eigenvalue weighted by Gasteiger charge is 2.28. The summed E-state index contributed by atoms with van der Waals surface area (Å²) in [6, 6.07) is 7.83. The Labute approximate surface area is 102 Å². The molecule has 0 aliphatic carbocycles. The normalized spacial score (nSPS) is 19.3. The van der Waals surface area contributed by atoms with Crippen molar-refractivity contribution in [2.45, 2.75) is 25.8 Å². The molecular formula is C13H18N2O2. The minimum Gasteiger partial charge on any atom is -0.497 e. The van der Waals surface area contributed by atoms with Crippen LogP contribution >= 0.6 is 0 Å². The number of nitrogens with one attached hydrogen (secondary N) is 1. The molecule has 1 N–H and O–H groups in total. The molecule has 0 radical (unpaired) electrons. The predicted octanol–water partition coefficient (Wildman–Crippen LogP) is 2.39. The summed E-state index contributed by atoms with van der Waals surface area (Å²) >= 11 is 0. The minimum atomic E-state index is -0.00591. The number of ether oxygens (including phenoxy) is 1. The van der Waals surface area contributed by atoms with E-state index in [4.69, 9.17) is 4.74 Å². The molecule has 1 atom stereocenters. The number of carbonyl (C=O) groups excluding carboxylic acids is 1. The van der Waals surface area contributed by atoms with E-state index < -0.39 is 0 Å². The summed E-state index contributed by atoms with van der Waals surface area (Å²) in [6.07, 6.45) is 2.11. The summed E-state index contributed by atoms with van der Waals surface area (Å²) in [5.74, 6) is 0.804. The molecule has 17 heavy (non-hydrogen) atoms. The second-order valence-corrected chi connectivity index (χ2v) is 4.24. The van der Waals surface area contributed by atoms with E-state index in [1.807, 2.05) is 24.3 Å². The molecule has 1 saturated heterocycles. The summed E-state index contributed by atoms with van der Waals surface area (Å²) in [5, 5.41) is 2.99. The number of methoxy groups -OCH3 is 1. The summed E-state index contributed by atoms with van der Waals surface area (Å²) in [4.78, 5) is 13.6. The van der Waals surface area contributed by atoms with Gasteiger partial charge in [-0.2, -0.15) is 0 Å². The maximum absolute atomic E-state index is 11.8. The Morgan fingerprint density at radius 2 is 2.12 bits per heavy atom. The molecule has 1 aromatic carbocycles. The fraction of sp³-hybridized carbons (Fsp3) is 0.462. The zero-order chi connectivity index (χ0) is 12.3. The number of hydrogen-bond acceptors (Lipinski definition) is 2. The Hall–Kier alpha value is -1.71. The van der Waals surface area contributed by atoms with Crippen molar-refractivity contribution in [2.24, 2.45) is 0 Å². The fourth-order valence-corrected chi connectivity index (χ4v) is 2.10. The van der Waals surface area contributed by atoms with Gasteiger partial charge in [-0.25, -0.2) is 4.79 Å². The molecule has 0 bridgehead atoms. The van der Waals surface area contributed by atoms with Crippen LogP contribution in [0.1, 0.15) is 19.8 Å². The number of carbonyl (C=O) groups is 1. The van der Waals surface area contributed by atoms with Crippen molar-refractivity contribution in [1.82, 2.24) is 5.32 Å². The van der Waals surface area contributed by atoms with Crippen LogP contribution in [-0.2, 0) is 0 Å². The van der Waals surface area contributed by atoms with Gasteiger partial charge in [0.15, 0.2) is 0 Å². The number of anilines is 1. The van der Waals surface area contributed by atoms with Crippen LogP contribution in [0, 0.1) is 0 Å². The molecule has 0 spiro atoms. The number of hydrogen-bond donors (Lipinski definition) is 1. The Morgan fingerprint density at radius 3 is 2.71 bits per heavy atom. The highest BCUT2D eigenvalue weighted by molar-refractivity contribution is 5.94. The quantitative estimate of drug-likeness (QED) is 0.869. The van der Waals surface area contributed by atoms with Crippen molar-refractivity contribution in [3.05, 3.63) is 24.3 Å². The standard InChI is InChI=1S/C13H18N2O2/c1-3-4-10-9-15(13(16)14-10)11-5-7-12(17-2)8-6-11/h5-8,10H,3-4,9H2,1-2H3,(H,14,16). The molecule has 1 unspecified atom stereocenters. The largest absolute Gasteiger partial charge is 0.497 e. The van der Waals surface area contributed by atoms with Gasteiger partial charge < -0.3 is 10.1 Å². The SMILES string of the molecule is CCCC1CN(c2ccc(OC)cc2)C(=O)N1. The van der Waals surface area contributed by atoms with Gasteiger partial charge in [-0.15, -0.1) is 0 Å². The Morgan fingerprint density at radius 1 is 1.41 bits per heavy atom. The van der Waals surface area contributed by atoms with E-state index in [1.165, 1.54) is 0 Å². The lowest BCUT2D eigenvalue weighted by Crippen LogP contribution is -2.28. The molecule has 1 fully saturated rings. The van der Waals surface area contributed by atoms with Crippen LogP contribution in [0.2, 0.25) is 0 Å². The summed E-state index contributed by atoms with van der Waals surface area (Å²) in [6.45, 7) is 2.88. The maximum atomic E-state index is 11.8. The molecule has 2 rings (SSSR count). The lowest BCUT2D eigenvalue weighted by atomic mass is 10.2. The third kappa shape index (κ3) is 2.52. The number of amides is 2. The molecule has 0 saturated carbocycles. The van der Waals surface area contributed by atoms with Crippen LogP contribution in [0.25, 0.3) is 0 Å². The number of nitrogens with zero attached hydrogens (tertiary/aromatic N) is 1. The number of rotatable bonds is 4. The Kier molecular flexibility index (Phi) is 3.52. The molecule has 4 nitrogen and oxygen atoms in total. The molecule has 1 heterocycles. The van der Waals surface area contributed by atoms with Crippen molar-refractivity contribution in [3.63, 3.8) is 0 Å². The van der Waals surface area contributed by atoms with Gasteiger partial charge in [0.1, 0.15) is 5.75 Å². The monoisotopic (exact) mass is 234 g/mol. The van der Waals surface area contributed by atoms with E-state index >= 15 is 0 Å². The van der Waals surface area contributed by atoms with Crippen LogP contribution in [0.4, 0.5) is 10.5 Å². The van der Waals surface area contributed by atoms with Crippen molar-refractivity contribution in [3.8, 4) is 5.75 Å². The fourth-order valence-electron chi connectivity index (χ4n) is 2.10. The second-order valence-electron chi connectivity index (χ2n) is 4.24. The van der Waals surface area contributed by atoms with E-state index in [-0.39, 0.29) is 12.1 Å². The molecule has 4 heteroatoms. The van der Waals surface area contributed by atoms with Crippen LogP contribution < -0.4 is 15.0 Å². The van der Waals surface area contributed by atoms with E-state index in [2.05, 4.69) is 12.2 Å². The first-order chi connectivity index (χ1) is 8.24. The van der Waals surface area contributed by atoms with Crippen LogP contribution in [-0.4, -0.2) is 25.7 Å². The van der Waals surface area contributed by atoms with Gasteiger partial charge in [0.25, 0.3) is 0 Å². The van der Waals surface area contributed by atoms with Gasteiger partial charge in [0, 0.05) is 18.3 Å². The molecule has 2 amide bonds. The first kappa shape index (κ1) is 11.8. The molecule has 1 aromatic rings. The Balaban J connectivity index is 2.08. The lowest BCUT2D eigenvalue weighted by molar-refractivity contribution is 0.250. The first-order valence-electron chi connectivity index (χ1n) is 5.96. The number of benzene rings is 1. The van der Waals surface area contributed by atoms with Gasteiger partial charge in [-0.05, 0) is 30.7 Å². The van der Waals surface area contributed by atoms with Gasteiger partial charge >= 0.3 is 6.03 Å². The summed E-state index contributed by atoms with van der Waals surface area (Å²) in [7, 11) is 1.63. The van der Waals surface area contributed by atoms with E-state index in [0.717, 1.165) is 30.8 Å². The summed E-state index contributed by atoms with van der Waals surface area (Å²) in [5.41, 5.74) is 0.918. The Bertz CT molecular complexity index is 389. The average molecular weight is 234 g/mol. The third-order valence-corrected chi connectivity index (χ3v) is 3.00. The zero-order valence-corrected chi connectivity index (χ0v) is 10.3. The maximum Gasteiger partial charge on any atom is 0.322 e. The smallest absolute Gasteiger partial charge is 0.322 e. The van der Waals surface area contributed by atoms with Gasteiger partial charge in [0.2, 0.25) is 0 Å². The van der Waals surface area contributed by atoms with Gasteiger partial charge in [0.05, 0.1) is 7.11 Å². The molecule has 92 valence electrons. The van der Waals surface area contributed by atoms with Crippen molar-refractivity contribution >= 4 is 11.7 Å². The lowest BCUT2D eigenvalue weighted by Gasteiger charge is -2.15. The molecule has 1 aliphatic heterocycles. The van der Waals surface area contributed by atoms with Crippen LogP contribution in [0.15, 0.2) is 24.3 Å². The third-order valence-electron chi connectivity index (χ3n) is 3.00. The van der Waals surface area contributed by atoms with E-state index in [9.17, 15) is 4.79 Å². The molecular weight excluding hydrogens is 216 g/mol. The first-order valence-corrected chi connectivity index (χ1v) is 5.96. The zero-order valence-electron chi connectivity index (χ0n) is 10.3. The van der Waals surface area contributed by atoms with Crippen LogP contribution in [0.5, 0.6) is 5.75 Å². The second kappa shape index (κ2) is 5.08. The van der Waals surface area contributed by atoms with Crippen molar-refractivity contribution in [2.75, 3.05) is 18.6 Å². The van der Waals surface area contributed by atoms with E-state index in [0.29, 0.717) is 0 Å². The summed E-state index contributed by atoms with van der Waals surface area (Å²) < 4.78 is 5.10.